The Kier molecular flexibility index (Phi) is 5.24. The van der Waals surface area contributed by atoms with Crippen LogP contribution in [0.25, 0.3) is 0 Å². The maximum absolute atomic E-state index is 12.3. The second kappa shape index (κ2) is 7.59. The number of hydrogen-bond acceptors (Lipinski definition) is 6. The normalized spacial score (nSPS) is 11.0. The number of rotatable bonds is 6. The molecule has 2 aromatic carbocycles. The molecule has 1 heterocycles. The molecule has 0 atom stereocenters. The van der Waals surface area contributed by atoms with Gasteiger partial charge in [-0.25, -0.2) is 8.42 Å². The average molecular weight is 391 g/mol. The molecule has 0 radical (unpaired) electrons. The molecule has 0 aliphatic rings. The lowest BCUT2D eigenvalue weighted by Crippen LogP contribution is -2.14. The number of sulfonamides is 1. The van der Waals surface area contributed by atoms with E-state index in [1.807, 2.05) is 0 Å². The van der Waals surface area contributed by atoms with Crippen LogP contribution < -0.4 is 14.8 Å². The lowest BCUT2D eigenvalue weighted by Gasteiger charge is -2.09. The number of nitrogens with one attached hydrogen (secondary N) is 2. The minimum Gasteiger partial charge on any atom is -0.495 e. The van der Waals surface area contributed by atoms with Crippen LogP contribution in [0, 0.1) is 0 Å². The summed E-state index contributed by atoms with van der Waals surface area (Å²) in [5.74, 6) is 1.12. The molecule has 0 saturated heterocycles. The Morgan fingerprint density at radius 1 is 0.962 bits per heavy atom. The standard InChI is InChI=1S/C17H15ClN4O3S/c1-25-15-8-7-12(11-14(15)18)19-16-9-10-17(21-20-16)22-26(23,24)13-5-3-2-4-6-13/h2-11H,1H3,(H,19,20)(H,21,22). The van der Waals surface area contributed by atoms with Gasteiger partial charge in [-0.05, 0) is 42.5 Å². The van der Waals surface area contributed by atoms with Gasteiger partial charge in [-0.1, -0.05) is 29.8 Å². The highest BCUT2D eigenvalue weighted by Crippen LogP contribution is 2.28. The highest BCUT2D eigenvalue weighted by atomic mass is 35.5. The third-order valence-corrected chi connectivity index (χ3v) is 5.05. The monoisotopic (exact) mass is 390 g/mol. The van der Waals surface area contributed by atoms with Crippen LogP contribution in [-0.4, -0.2) is 25.7 Å². The highest BCUT2D eigenvalue weighted by Gasteiger charge is 2.14. The van der Waals surface area contributed by atoms with Crippen molar-refractivity contribution in [3.05, 3.63) is 65.7 Å². The molecule has 3 rings (SSSR count). The third kappa shape index (κ3) is 4.22. The first-order valence-corrected chi connectivity index (χ1v) is 9.36. The topological polar surface area (TPSA) is 93.2 Å². The molecular formula is C17H15ClN4O3S. The first-order valence-electron chi connectivity index (χ1n) is 7.50. The van der Waals surface area contributed by atoms with Crippen LogP contribution in [0.15, 0.2) is 65.6 Å². The number of aromatic nitrogens is 2. The van der Waals surface area contributed by atoms with Gasteiger partial charge in [0.2, 0.25) is 0 Å². The van der Waals surface area contributed by atoms with E-state index in [9.17, 15) is 8.42 Å². The minimum absolute atomic E-state index is 0.118. The molecule has 0 fully saturated rings. The summed E-state index contributed by atoms with van der Waals surface area (Å²) in [5, 5.41) is 11.3. The summed E-state index contributed by atoms with van der Waals surface area (Å²) in [6.45, 7) is 0. The molecule has 2 N–H and O–H groups in total. The van der Waals surface area contributed by atoms with E-state index in [1.54, 1.807) is 42.5 Å². The fourth-order valence-corrected chi connectivity index (χ4v) is 3.42. The molecule has 9 heteroatoms. The second-order valence-electron chi connectivity index (χ2n) is 5.20. The number of anilines is 3. The van der Waals surface area contributed by atoms with E-state index in [2.05, 4.69) is 20.2 Å². The molecule has 26 heavy (non-hydrogen) atoms. The van der Waals surface area contributed by atoms with Gasteiger partial charge in [-0.3, -0.25) is 4.72 Å². The molecule has 7 nitrogen and oxygen atoms in total. The van der Waals surface area contributed by atoms with Crippen molar-refractivity contribution in [3.63, 3.8) is 0 Å². The van der Waals surface area contributed by atoms with Crippen molar-refractivity contribution >= 4 is 38.9 Å². The first kappa shape index (κ1) is 18.0. The summed E-state index contributed by atoms with van der Waals surface area (Å²) >= 11 is 6.07. The minimum atomic E-state index is -3.70. The van der Waals surface area contributed by atoms with Crippen molar-refractivity contribution in [1.29, 1.82) is 0 Å². The quantitative estimate of drug-likeness (QED) is 0.666. The van der Waals surface area contributed by atoms with Gasteiger partial charge in [0.25, 0.3) is 10.0 Å². The maximum Gasteiger partial charge on any atom is 0.263 e. The van der Waals surface area contributed by atoms with E-state index in [-0.39, 0.29) is 10.7 Å². The Hall–Kier alpha value is -2.84. The van der Waals surface area contributed by atoms with Crippen LogP contribution in [0.4, 0.5) is 17.3 Å². The Morgan fingerprint density at radius 2 is 1.65 bits per heavy atom. The van der Waals surface area contributed by atoms with E-state index < -0.39 is 10.0 Å². The predicted octanol–water partition coefficient (Wildman–Crippen LogP) is 3.68. The van der Waals surface area contributed by atoms with Crippen LogP contribution >= 0.6 is 11.6 Å². The molecule has 0 amide bonds. The third-order valence-electron chi connectivity index (χ3n) is 3.38. The molecule has 134 valence electrons. The van der Waals surface area contributed by atoms with E-state index in [1.165, 1.54) is 25.3 Å². The summed E-state index contributed by atoms with van der Waals surface area (Å²) in [4.78, 5) is 0.150. The first-order chi connectivity index (χ1) is 12.5. The van der Waals surface area contributed by atoms with Gasteiger partial charge in [-0.15, -0.1) is 10.2 Å². The Morgan fingerprint density at radius 3 is 2.27 bits per heavy atom. The molecule has 0 bridgehead atoms. The van der Waals surface area contributed by atoms with E-state index >= 15 is 0 Å². The summed E-state index contributed by atoms with van der Waals surface area (Å²) in [5.41, 5.74) is 0.697. The van der Waals surface area contributed by atoms with Crippen LogP contribution in [0.1, 0.15) is 0 Å². The number of halogens is 1. The lowest BCUT2D eigenvalue weighted by molar-refractivity contribution is 0.415. The molecule has 0 aliphatic heterocycles. The summed E-state index contributed by atoms with van der Waals surface area (Å²) in [6, 6.07) is 16.3. The molecule has 0 unspecified atom stereocenters. The predicted molar refractivity (Wildman–Crippen MR) is 101 cm³/mol. The average Bonchev–Trinajstić information content (AvgIpc) is 2.64. The lowest BCUT2D eigenvalue weighted by atomic mass is 10.3. The van der Waals surface area contributed by atoms with Crippen molar-refractivity contribution in [2.75, 3.05) is 17.1 Å². The van der Waals surface area contributed by atoms with E-state index in [0.717, 1.165) is 0 Å². The fourth-order valence-electron chi connectivity index (χ4n) is 2.14. The van der Waals surface area contributed by atoms with E-state index in [0.29, 0.717) is 22.3 Å². The Balaban J connectivity index is 1.72. The zero-order valence-corrected chi connectivity index (χ0v) is 15.3. The van der Waals surface area contributed by atoms with Crippen molar-refractivity contribution in [1.82, 2.24) is 10.2 Å². The van der Waals surface area contributed by atoms with Crippen molar-refractivity contribution in [3.8, 4) is 5.75 Å². The molecule has 1 aromatic heterocycles. The second-order valence-corrected chi connectivity index (χ2v) is 7.29. The van der Waals surface area contributed by atoms with Gasteiger partial charge in [0.15, 0.2) is 11.6 Å². The molecule has 0 aliphatic carbocycles. The number of methoxy groups -OCH3 is 1. The SMILES string of the molecule is COc1ccc(Nc2ccc(NS(=O)(=O)c3ccccc3)nn2)cc1Cl. The van der Waals surface area contributed by atoms with Crippen LogP contribution in [0.2, 0.25) is 5.02 Å². The Bertz CT molecular complexity index is 996. The van der Waals surface area contributed by atoms with Crippen LogP contribution in [-0.2, 0) is 10.0 Å². The maximum atomic E-state index is 12.3. The number of hydrogen-bond donors (Lipinski definition) is 2. The van der Waals surface area contributed by atoms with Crippen molar-refractivity contribution < 1.29 is 13.2 Å². The largest absolute Gasteiger partial charge is 0.495 e. The van der Waals surface area contributed by atoms with Crippen molar-refractivity contribution in [2.45, 2.75) is 4.90 Å². The molecule has 0 spiro atoms. The zero-order valence-electron chi connectivity index (χ0n) is 13.7. The van der Waals surface area contributed by atoms with Gasteiger partial charge < -0.3 is 10.1 Å². The van der Waals surface area contributed by atoms with Crippen molar-refractivity contribution in [2.24, 2.45) is 0 Å². The van der Waals surface area contributed by atoms with Gasteiger partial charge in [0.05, 0.1) is 17.0 Å². The number of ether oxygens (including phenoxy) is 1. The summed E-state index contributed by atoms with van der Waals surface area (Å²) < 4.78 is 32.0. The zero-order chi connectivity index (χ0) is 18.6. The Labute approximate surface area is 156 Å². The van der Waals surface area contributed by atoms with Gasteiger partial charge in [0, 0.05) is 5.69 Å². The number of nitrogens with zero attached hydrogens (tertiary/aromatic N) is 2. The van der Waals surface area contributed by atoms with E-state index in [4.69, 9.17) is 16.3 Å². The van der Waals surface area contributed by atoms with Crippen LogP contribution in [0.3, 0.4) is 0 Å². The smallest absolute Gasteiger partial charge is 0.263 e. The fraction of sp³-hybridized carbons (Fsp3) is 0.0588. The van der Waals surface area contributed by atoms with Gasteiger partial charge in [-0.2, -0.15) is 0 Å². The summed E-state index contributed by atoms with van der Waals surface area (Å²) in [7, 11) is -2.17. The molecule has 3 aromatic rings. The summed E-state index contributed by atoms with van der Waals surface area (Å²) in [6.07, 6.45) is 0. The highest BCUT2D eigenvalue weighted by molar-refractivity contribution is 7.92. The molecule has 0 saturated carbocycles. The number of benzene rings is 2. The van der Waals surface area contributed by atoms with Gasteiger partial charge >= 0.3 is 0 Å². The van der Waals surface area contributed by atoms with Gasteiger partial charge in [0.1, 0.15) is 5.75 Å². The van der Waals surface area contributed by atoms with Crippen LogP contribution in [0.5, 0.6) is 5.75 Å². The molecular weight excluding hydrogens is 376 g/mol.